The van der Waals surface area contributed by atoms with Gasteiger partial charge in [0.2, 0.25) is 0 Å². The summed E-state index contributed by atoms with van der Waals surface area (Å²) in [7, 11) is 3.13. The summed E-state index contributed by atoms with van der Waals surface area (Å²) in [5.74, 6) is 0.543. The van der Waals surface area contributed by atoms with Crippen molar-refractivity contribution in [3.05, 3.63) is 42.0 Å². The lowest BCUT2D eigenvalue weighted by molar-refractivity contribution is 0.0617. The molecule has 4 nitrogen and oxygen atoms in total. The number of hydrogen-bond donors (Lipinski definition) is 0. The normalized spacial score (nSPS) is 23.6. The van der Waals surface area contributed by atoms with Crippen LogP contribution in [0.3, 0.4) is 0 Å². The molecule has 102 valence electrons. The number of ether oxygens (including phenoxy) is 2. The van der Waals surface area contributed by atoms with Gasteiger partial charge in [-0.15, -0.1) is 0 Å². The lowest BCUT2D eigenvalue weighted by atomic mass is 9.66. The third kappa shape index (κ3) is 2.15. The van der Waals surface area contributed by atoms with Crippen molar-refractivity contribution in [3.8, 4) is 17.9 Å². The quantitative estimate of drug-likeness (QED) is 0.791. The Kier molecular flexibility index (Phi) is 4.08. The van der Waals surface area contributed by atoms with E-state index in [2.05, 4.69) is 12.1 Å². The van der Waals surface area contributed by atoms with Gasteiger partial charge in [-0.3, -0.25) is 0 Å². The second kappa shape index (κ2) is 5.77. The Bertz CT molecular complexity index is 564. The highest BCUT2D eigenvalue weighted by atomic mass is 16.5. The minimum Gasteiger partial charge on any atom is -0.497 e. The summed E-state index contributed by atoms with van der Waals surface area (Å²) in [5.41, 5.74) is -0.252. The maximum Gasteiger partial charge on any atom is 0.180 e. The van der Waals surface area contributed by atoms with E-state index in [0.29, 0.717) is 6.42 Å². The lowest BCUT2D eigenvalue weighted by Crippen LogP contribution is -2.40. The number of nitrogens with zero attached hydrogens (tertiary/aromatic N) is 2. The van der Waals surface area contributed by atoms with Crippen LogP contribution < -0.4 is 4.74 Å². The Balaban J connectivity index is 2.45. The molecule has 0 amide bonds. The molecule has 0 saturated heterocycles. The smallest absolute Gasteiger partial charge is 0.180 e. The van der Waals surface area contributed by atoms with E-state index < -0.39 is 11.5 Å². The van der Waals surface area contributed by atoms with Crippen LogP contribution in [0, 0.1) is 28.1 Å². The largest absolute Gasteiger partial charge is 0.497 e. The zero-order valence-electron chi connectivity index (χ0n) is 11.5. The Morgan fingerprint density at radius 3 is 2.30 bits per heavy atom. The molecule has 0 heterocycles. The van der Waals surface area contributed by atoms with E-state index in [1.165, 1.54) is 7.11 Å². The summed E-state index contributed by atoms with van der Waals surface area (Å²) in [5, 5.41) is 19.1. The molecule has 1 aliphatic rings. The van der Waals surface area contributed by atoms with E-state index in [-0.39, 0.29) is 5.92 Å². The molecule has 1 aliphatic carbocycles. The molecule has 0 saturated carbocycles. The Morgan fingerprint density at radius 2 is 1.80 bits per heavy atom. The van der Waals surface area contributed by atoms with Crippen LogP contribution in [0.2, 0.25) is 0 Å². The Labute approximate surface area is 118 Å². The van der Waals surface area contributed by atoms with Crippen LogP contribution in [0.4, 0.5) is 0 Å². The average Bonchev–Trinajstić information content (AvgIpc) is 2.53. The molecular weight excluding hydrogens is 252 g/mol. The maximum atomic E-state index is 9.56. The number of methoxy groups -OCH3 is 2. The molecule has 0 aliphatic heterocycles. The highest BCUT2D eigenvalue weighted by Crippen LogP contribution is 2.45. The van der Waals surface area contributed by atoms with E-state index in [1.54, 1.807) is 13.2 Å². The minimum absolute atomic E-state index is 0.210. The van der Waals surface area contributed by atoms with Crippen LogP contribution >= 0.6 is 0 Å². The zero-order chi connectivity index (χ0) is 14.6. The van der Waals surface area contributed by atoms with E-state index >= 15 is 0 Å². The van der Waals surface area contributed by atoms with Crippen molar-refractivity contribution in [2.24, 2.45) is 5.41 Å². The standard InChI is InChI=1S/C16H16N2O2/c1-19-13-8-6-12(7-9-13)14-4-3-5-15(20-2)16(14,10-17)11-18/h3,5-9,14-15H,4H2,1-2H3/t14-,15+/m1/s1. The van der Waals surface area contributed by atoms with Crippen LogP contribution in [0.25, 0.3) is 0 Å². The van der Waals surface area contributed by atoms with Gasteiger partial charge in [0.25, 0.3) is 0 Å². The van der Waals surface area contributed by atoms with E-state index in [4.69, 9.17) is 9.47 Å². The zero-order valence-corrected chi connectivity index (χ0v) is 11.5. The van der Waals surface area contributed by atoms with Gasteiger partial charge in [-0.2, -0.15) is 10.5 Å². The first kappa shape index (κ1) is 14.1. The first-order valence-corrected chi connectivity index (χ1v) is 6.37. The molecule has 0 bridgehead atoms. The molecule has 0 fully saturated rings. The van der Waals surface area contributed by atoms with Crippen LogP contribution in [0.15, 0.2) is 36.4 Å². The average molecular weight is 268 g/mol. The van der Waals surface area contributed by atoms with Crippen LogP contribution in [0.1, 0.15) is 17.9 Å². The summed E-state index contributed by atoms with van der Waals surface area (Å²) in [6.45, 7) is 0. The molecule has 0 unspecified atom stereocenters. The highest BCUT2D eigenvalue weighted by molar-refractivity contribution is 5.39. The van der Waals surface area contributed by atoms with Gasteiger partial charge < -0.3 is 9.47 Å². The Hall–Kier alpha value is -2.30. The van der Waals surface area contributed by atoms with Crippen LogP contribution in [-0.4, -0.2) is 20.3 Å². The van der Waals surface area contributed by atoms with Gasteiger partial charge in [0.15, 0.2) is 5.41 Å². The topological polar surface area (TPSA) is 66.0 Å². The van der Waals surface area contributed by atoms with Gasteiger partial charge in [-0.1, -0.05) is 24.3 Å². The van der Waals surface area contributed by atoms with Crippen molar-refractivity contribution in [1.82, 2.24) is 0 Å². The fraction of sp³-hybridized carbons (Fsp3) is 0.375. The van der Waals surface area contributed by atoms with Crippen molar-refractivity contribution < 1.29 is 9.47 Å². The molecule has 1 aromatic carbocycles. The number of benzene rings is 1. The number of hydrogen-bond acceptors (Lipinski definition) is 4. The Morgan fingerprint density at radius 1 is 1.15 bits per heavy atom. The number of rotatable bonds is 3. The first-order valence-electron chi connectivity index (χ1n) is 6.37. The van der Waals surface area contributed by atoms with Crippen LogP contribution in [-0.2, 0) is 4.74 Å². The second-order valence-electron chi connectivity index (χ2n) is 4.74. The van der Waals surface area contributed by atoms with Gasteiger partial charge in [0.1, 0.15) is 11.9 Å². The second-order valence-corrected chi connectivity index (χ2v) is 4.74. The number of allylic oxidation sites excluding steroid dienone is 1. The fourth-order valence-electron chi connectivity index (χ4n) is 2.68. The third-order valence-electron chi connectivity index (χ3n) is 3.82. The summed E-state index contributed by atoms with van der Waals surface area (Å²) in [4.78, 5) is 0. The monoisotopic (exact) mass is 268 g/mol. The molecule has 2 atom stereocenters. The van der Waals surface area contributed by atoms with E-state index in [0.717, 1.165) is 11.3 Å². The highest BCUT2D eigenvalue weighted by Gasteiger charge is 2.48. The number of nitriles is 2. The SMILES string of the molecule is COc1ccc([C@H]2CC=C[C@H](OC)C2(C#N)C#N)cc1. The van der Waals surface area contributed by atoms with Gasteiger partial charge in [0.05, 0.1) is 19.2 Å². The molecule has 0 spiro atoms. The lowest BCUT2D eigenvalue weighted by Gasteiger charge is -2.36. The van der Waals surface area contributed by atoms with Crippen LogP contribution in [0.5, 0.6) is 5.75 Å². The first-order chi connectivity index (χ1) is 9.71. The molecule has 0 radical (unpaired) electrons. The van der Waals surface area contributed by atoms with Gasteiger partial charge in [0, 0.05) is 13.0 Å². The van der Waals surface area contributed by atoms with Gasteiger partial charge in [-0.25, -0.2) is 0 Å². The van der Waals surface area contributed by atoms with Gasteiger partial charge >= 0.3 is 0 Å². The predicted octanol–water partition coefficient (Wildman–Crippen LogP) is 2.79. The van der Waals surface area contributed by atoms with E-state index in [1.807, 2.05) is 30.3 Å². The van der Waals surface area contributed by atoms with Crippen molar-refractivity contribution in [3.63, 3.8) is 0 Å². The molecule has 4 heteroatoms. The molecule has 1 aromatic rings. The molecular formula is C16H16N2O2. The van der Waals surface area contributed by atoms with Crippen molar-refractivity contribution in [2.45, 2.75) is 18.4 Å². The maximum absolute atomic E-state index is 9.56. The van der Waals surface area contributed by atoms with Crippen molar-refractivity contribution in [1.29, 1.82) is 10.5 Å². The molecule has 2 rings (SSSR count). The molecule has 0 N–H and O–H groups in total. The molecule has 20 heavy (non-hydrogen) atoms. The summed E-state index contributed by atoms with van der Waals surface area (Å²) in [6.07, 6.45) is 3.90. The minimum atomic E-state index is -1.20. The summed E-state index contributed by atoms with van der Waals surface area (Å²) >= 11 is 0. The predicted molar refractivity (Wildman–Crippen MR) is 73.9 cm³/mol. The van der Waals surface area contributed by atoms with Crippen molar-refractivity contribution in [2.75, 3.05) is 14.2 Å². The fourth-order valence-corrected chi connectivity index (χ4v) is 2.68. The molecule has 0 aromatic heterocycles. The van der Waals surface area contributed by atoms with E-state index in [9.17, 15) is 10.5 Å². The van der Waals surface area contributed by atoms with Crippen molar-refractivity contribution >= 4 is 0 Å². The van der Waals surface area contributed by atoms with Gasteiger partial charge in [-0.05, 0) is 24.1 Å². The summed E-state index contributed by atoms with van der Waals surface area (Å²) < 4.78 is 10.5. The summed E-state index contributed by atoms with van der Waals surface area (Å²) in [6, 6.07) is 11.8. The third-order valence-corrected chi connectivity index (χ3v) is 3.82.